The number of oxazole rings is 1. The molecule has 0 unspecified atom stereocenters. The first-order valence-corrected chi connectivity index (χ1v) is 8.34. The van der Waals surface area contributed by atoms with Crippen molar-refractivity contribution in [3.8, 4) is 0 Å². The summed E-state index contributed by atoms with van der Waals surface area (Å²) in [6.45, 7) is 0. The Morgan fingerprint density at radius 3 is 2.64 bits per heavy atom. The van der Waals surface area contributed by atoms with Crippen molar-refractivity contribution in [2.24, 2.45) is 0 Å². The Labute approximate surface area is 154 Å². The SMILES string of the molecule is O=C(CCc1nc2ccccc2o1)NNC(=S)Nc1ccc(Cl)cc1. The molecule has 3 N–H and O–H groups in total. The fraction of sp³-hybridized carbons (Fsp3) is 0.118. The molecule has 1 heterocycles. The quantitative estimate of drug-likeness (QED) is 0.479. The molecular formula is C17H15ClN4O2S. The molecule has 0 radical (unpaired) electrons. The van der Waals surface area contributed by atoms with Gasteiger partial charge in [-0.2, -0.15) is 0 Å². The summed E-state index contributed by atoms with van der Waals surface area (Å²) in [6, 6.07) is 14.5. The summed E-state index contributed by atoms with van der Waals surface area (Å²) in [6.07, 6.45) is 0.628. The minimum absolute atomic E-state index is 0.220. The van der Waals surface area contributed by atoms with Gasteiger partial charge in [0.25, 0.3) is 0 Å². The Balaban J connectivity index is 1.43. The fourth-order valence-corrected chi connectivity index (χ4v) is 2.43. The molecule has 1 amide bonds. The van der Waals surface area contributed by atoms with Crippen molar-refractivity contribution >= 4 is 51.6 Å². The highest BCUT2D eigenvalue weighted by Crippen LogP contribution is 2.15. The van der Waals surface area contributed by atoms with Crippen LogP contribution in [0.5, 0.6) is 0 Å². The summed E-state index contributed by atoms with van der Waals surface area (Å²) in [5, 5.41) is 3.84. The van der Waals surface area contributed by atoms with E-state index in [1.54, 1.807) is 24.3 Å². The highest BCUT2D eigenvalue weighted by Gasteiger charge is 2.08. The number of carbonyl (C=O) groups is 1. The van der Waals surface area contributed by atoms with Crippen molar-refractivity contribution in [3.63, 3.8) is 0 Å². The average molecular weight is 375 g/mol. The largest absolute Gasteiger partial charge is 0.441 e. The van der Waals surface area contributed by atoms with E-state index in [2.05, 4.69) is 21.2 Å². The number of fused-ring (bicyclic) bond motifs is 1. The second-order valence-corrected chi connectivity index (χ2v) is 6.05. The number of anilines is 1. The highest BCUT2D eigenvalue weighted by atomic mass is 35.5. The van der Waals surface area contributed by atoms with E-state index in [0.29, 0.717) is 22.9 Å². The fourth-order valence-electron chi connectivity index (χ4n) is 2.13. The number of hydrazine groups is 1. The molecule has 0 bridgehead atoms. The highest BCUT2D eigenvalue weighted by molar-refractivity contribution is 7.80. The van der Waals surface area contributed by atoms with Gasteiger partial charge in [0.2, 0.25) is 5.91 Å². The van der Waals surface area contributed by atoms with E-state index in [1.165, 1.54) is 0 Å². The molecule has 3 aromatic rings. The van der Waals surface area contributed by atoms with Gasteiger partial charge in [-0.3, -0.25) is 15.6 Å². The summed E-state index contributed by atoms with van der Waals surface area (Å²) in [5.74, 6) is 0.306. The van der Waals surface area contributed by atoms with Crippen LogP contribution in [0.4, 0.5) is 5.69 Å². The number of aryl methyl sites for hydroxylation is 1. The molecule has 0 saturated heterocycles. The maximum Gasteiger partial charge on any atom is 0.238 e. The maximum absolute atomic E-state index is 11.9. The average Bonchev–Trinajstić information content (AvgIpc) is 3.03. The molecule has 1 aromatic heterocycles. The molecule has 0 spiro atoms. The second kappa shape index (κ2) is 7.96. The van der Waals surface area contributed by atoms with Crippen LogP contribution in [0.2, 0.25) is 5.02 Å². The lowest BCUT2D eigenvalue weighted by atomic mass is 10.3. The Kier molecular flexibility index (Phi) is 5.47. The van der Waals surface area contributed by atoms with E-state index < -0.39 is 0 Å². The number of halogens is 1. The van der Waals surface area contributed by atoms with E-state index in [0.717, 1.165) is 11.2 Å². The number of benzene rings is 2. The molecule has 0 fully saturated rings. The van der Waals surface area contributed by atoms with E-state index >= 15 is 0 Å². The minimum Gasteiger partial charge on any atom is -0.441 e. The van der Waals surface area contributed by atoms with Crippen LogP contribution in [-0.4, -0.2) is 16.0 Å². The summed E-state index contributed by atoms with van der Waals surface area (Å²) in [7, 11) is 0. The number of hydrogen-bond donors (Lipinski definition) is 3. The van der Waals surface area contributed by atoms with Crippen LogP contribution in [0.3, 0.4) is 0 Å². The zero-order chi connectivity index (χ0) is 17.6. The van der Waals surface area contributed by atoms with Gasteiger partial charge in [0.1, 0.15) is 5.52 Å². The lowest BCUT2D eigenvalue weighted by molar-refractivity contribution is -0.121. The Bertz CT molecular complexity index is 862. The van der Waals surface area contributed by atoms with E-state index in [1.807, 2.05) is 24.3 Å². The lowest BCUT2D eigenvalue weighted by Crippen LogP contribution is -2.43. The van der Waals surface area contributed by atoms with E-state index in [9.17, 15) is 4.79 Å². The van der Waals surface area contributed by atoms with Crippen LogP contribution >= 0.6 is 23.8 Å². The van der Waals surface area contributed by atoms with Crippen molar-refractivity contribution in [1.82, 2.24) is 15.8 Å². The number of para-hydroxylation sites is 2. The van der Waals surface area contributed by atoms with Crippen LogP contribution in [0, 0.1) is 0 Å². The van der Waals surface area contributed by atoms with Crippen molar-refractivity contribution in [3.05, 3.63) is 59.4 Å². The van der Waals surface area contributed by atoms with Gasteiger partial charge in [0, 0.05) is 23.6 Å². The summed E-state index contributed by atoms with van der Waals surface area (Å²) in [5.41, 5.74) is 7.44. The monoisotopic (exact) mass is 374 g/mol. The predicted molar refractivity (Wildman–Crippen MR) is 101 cm³/mol. The van der Waals surface area contributed by atoms with Crippen molar-refractivity contribution in [1.29, 1.82) is 0 Å². The molecule has 3 rings (SSSR count). The van der Waals surface area contributed by atoms with Gasteiger partial charge >= 0.3 is 0 Å². The van der Waals surface area contributed by atoms with Gasteiger partial charge in [0.15, 0.2) is 16.6 Å². The standard InChI is InChI=1S/C17H15ClN4O2S/c18-11-5-7-12(8-6-11)19-17(25)22-21-15(23)9-10-16-20-13-3-1-2-4-14(13)24-16/h1-8H,9-10H2,(H,21,23)(H2,19,22,25). The molecule has 0 saturated carbocycles. The van der Waals surface area contributed by atoms with Crippen molar-refractivity contribution in [2.45, 2.75) is 12.8 Å². The molecular weight excluding hydrogens is 360 g/mol. The van der Waals surface area contributed by atoms with Crippen molar-refractivity contribution in [2.75, 3.05) is 5.32 Å². The van der Waals surface area contributed by atoms with Gasteiger partial charge in [-0.05, 0) is 48.6 Å². The molecule has 0 aliphatic carbocycles. The number of nitrogens with one attached hydrogen (secondary N) is 3. The van der Waals surface area contributed by atoms with Crippen LogP contribution in [0.15, 0.2) is 52.9 Å². The normalized spacial score (nSPS) is 10.4. The first kappa shape index (κ1) is 17.2. The Morgan fingerprint density at radius 1 is 1.12 bits per heavy atom. The zero-order valence-corrected chi connectivity index (χ0v) is 14.7. The molecule has 25 heavy (non-hydrogen) atoms. The van der Waals surface area contributed by atoms with Gasteiger partial charge in [0.05, 0.1) is 0 Å². The van der Waals surface area contributed by atoms with Crippen LogP contribution < -0.4 is 16.2 Å². The zero-order valence-electron chi connectivity index (χ0n) is 13.1. The molecule has 0 aliphatic heterocycles. The van der Waals surface area contributed by atoms with Crippen LogP contribution in [0.25, 0.3) is 11.1 Å². The predicted octanol–water partition coefficient (Wildman–Crippen LogP) is 3.43. The van der Waals surface area contributed by atoms with Crippen LogP contribution in [-0.2, 0) is 11.2 Å². The first-order chi connectivity index (χ1) is 12.1. The van der Waals surface area contributed by atoms with Gasteiger partial charge in [-0.15, -0.1) is 0 Å². The van der Waals surface area contributed by atoms with Crippen LogP contribution in [0.1, 0.15) is 12.3 Å². The third kappa shape index (κ3) is 4.91. The number of hydrogen-bond acceptors (Lipinski definition) is 4. The summed E-state index contributed by atoms with van der Waals surface area (Å²) in [4.78, 5) is 16.2. The number of aromatic nitrogens is 1. The molecule has 2 aromatic carbocycles. The Morgan fingerprint density at radius 2 is 1.88 bits per heavy atom. The number of carbonyl (C=O) groups excluding carboxylic acids is 1. The maximum atomic E-state index is 11.9. The number of nitrogens with zero attached hydrogens (tertiary/aromatic N) is 1. The lowest BCUT2D eigenvalue weighted by Gasteiger charge is -2.11. The second-order valence-electron chi connectivity index (χ2n) is 5.21. The number of rotatable bonds is 4. The number of thiocarbonyl (C=S) groups is 1. The molecule has 0 aliphatic rings. The first-order valence-electron chi connectivity index (χ1n) is 7.56. The third-order valence-electron chi connectivity index (χ3n) is 3.32. The smallest absolute Gasteiger partial charge is 0.238 e. The van der Waals surface area contributed by atoms with Gasteiger partial charge in [-0.1, -0.05) is 23.7 Å². The summed E-state index contributed by atoms with van der Waals surface area (Å²) < 4.78 is 5.57. The third-order valence-corrected chi connectivity index (χ3v) is 3.78. The van der Waals surface area contributed by atoms with Gasteiger partial charge < -0.3 is 9.73 Å². The van der Waals surface area contributed by atoms with Gasteiger partial charge in [-0.25, -0.2) is 4.98 Å². The molecule has 128 valence electrons. The Hall–Kier alpha value is -2.64. The topological polar surface area (TPSA) is 79.2 Å². The molecule has 8 heteroatoms. The molecule has 0 atom stereocenters. The molecule has 6 nitrogen and oxygen atoms in total. The summed E-state index contributed by atoms with van der Waals surface area (Å²) >= 11 is 10.9. The minimum atomic E-state index is -0.220. The van der Waals surface area contributed by atoms with Crippen molar-refractivity contribution < 1.29 is 9.21 Å². The number of amides is 1. The van der Waals surface area contributed by atoms with E-state index in [-0.39, 0.29) is 17.4 Å². The van der Waals surface area contributed by atoms with E-state index in [4.69, 9.17) is 28.2 Å².